The maximum Gasteiger partial charge on any atom is 0.325 e. The fourth-order valence-electron chi connectivity index (χ4n) is 4.13. The maximum absolute atomic E-state index is 12.7. The van der Waals surface area contributed by atoms with Crippen molar-refractivity contribution in [3.63, 3.8) is 0 Å². The average Bonchev–Trinajstić information content (AvgIpc) is 3.02. The Balaban J connectivity index is 1.48. The molecule has 10 nitrogen and oxygen atoms in total. The van der Waals surface area contributed by atoms with Crippen LogP contribution in [0.15, 0.2) is 18.2 Å². The van der Waals surface area contributed by atoms with Gasteiger partial charge in [0.05, 0.1) is 25.3 Å². The first-order valence-electron chi connectivity index (χ1n) is 11.4. The molecule has 0 bridgehead atoms. The third kappa shape index (κ3) is 5.94. The number of carbonyl (C=O) groups excluding carboxylic acids is 4. The van der Waals surface area contributed by atoms with Gasteiger partial charge in [0.2, 0.25) is 0 Å². The third-order valence-corrected chi connectivity index (χ3v) is 5.69. The molecule has 0 unspecified atom stereocenters. The predicted octanol–water partition coefficient (Wildman–Crippen LogP) is 2.61. The standard InChI is InChI=1S/C23H31N3O7/c1-3-31-16-8-9-18(32-4-2)17(14-16)24-19(27)15-33-20(28)10-13-26-21(29)23(25-22(26)30)11-6-5-7-12-23/h8-9,14H,3-7,10-13,15H2,1-2H3,(H,24,27)(H,25,30). The SMILES string of the molecule is CCOc1ccc(OCC)c(NC(=O)COC(=O)CCN2C(=O)NC3(CCCCC3)C2=O)c1. The minimum absolute atomic E-state index is 0.0856. The van der Waals surface area contributed by atoms with E-state index in [9.17, 15) is 19.2 Å². The van der Waals surface area contributed by atoms with Crippen molar-refractivity contribution < 1.29 is 33.4 Å². The largest absolute Gasteiger partial charge is 0.494 e. The number of imide groups is 1. The van der Waals surface area contributed by atoms with Gasteiger partial charge < -0.3 is 24.8 Å². The first-order valence-corrected chi connectivity index (χ1v) is 11.4. The van der Waals surface area contributed by atoms with Gasteiger partial charge in [0.15, 0.2) is 6.61 Å². The zero-order chi connectivity index (χ0) is 23.8. The molecular formula is C23H31N3O7. The molecular weight excluding hydrogens is 430 g/mol. The highest BCUT2D eigenvalue weighted by Gasteiger charge is 2.51. The molecule has 1 spiro atoms. The van der Waals surface area contributed by atoms with Crippen LogP contribution in [0.5, 0.6) is 11.5 Å². The maximum atomic E-state index is 12.7. The van der Waals surface area contributed by atoms with E-state index in [1.54, 1.807) is 18.2 Å². The van der Waals surface area contributed by atoms with Gasteiger partial charge in [-0.25, -0.2) is 4.79 Å². The molecule has 2 fully saturated rings. The number of ether oxygens (including phenoxy) is 3. The van der Waals surface area contributed by atoms with E-state index in [-0.39, 0.29) is 18.9 Å². The topological polar surface area (TPSA) is 123 Å². The van der Waals surface area contributed by atoms with E-state index in [2.05, 4.69) is 10.6 Å². The summed E-state index contributed by atoms with van der Waals surface area (Å²) in [6.07, 6.45) is 3.86. The molecule has 1 aliphatic heterocycles. The van der Waals surface area contributed by atoms with Crippen LogP contribution in [0.2, 0.25) is 0 Å². The number of anilines is 1. The average molecular weight is 462 g/mol. The van der Waals surface area contributed by atoms with Crippen LogP contribution in [0.1, 0.15) is 52.4 Å². The van der Waals surface area contributed by atoms with E-state index in [1.807, 2.05) is 13.8 Å². The highest BCUT2D eigenvalue weighted by Crippen LogP contribution is 2.33. The molecule has 1 heterocycles. The molecule has 2 N–H and O–H groups in total. The molecule has 3 rings (SSSR count). The Kier molecular flexibility index (Phi) is 8.13. The number of nitrogens with zero attached hydrogens (tertiary/aromatic N) is 1. The third-order valence-electron chi connectivity index (χ3n) is 5.69. The lowest BCUT2D eigenvalue weighted by Gasteiger charge is -2.30. The Morgan fingerprint density at radius 3 is 2.52 bits per heavy atom. The summed E-state index contributed by atoms with van der Waals surface area (Å²) in [7, 11) is 0. The fourth-order valence-corrected chi connectivity index (χ4v) is 4.13. The first-order chi connectivity index (χ1) is 15.9. The summed E-state index contributed by atoms with van der Waals surface area (Å²) in [6, 6.07) is 4.57. The zero-order valence-corrected chi connectivity index (χ0v) is 19.1. The summed E-state index contributed by atoms with van der Waals surface area (Å²) in [5.41, 5.74) is -0.422. The summed E-state index contributed by atoms with van der Waals surface area (Å²) < 4.78 is 16.0. The Hall–Kier alpha value is -3.30. The van der Waals surface area contributed by atoms with Gasteiger partial charge in [0, 0.05) is 12.6 Å². The monoisotopic (exact) mass is 461 g/mol. The van der Waals surface area contributed by atoms with Crippen LogP contribution in [0, 0.1) is 0 Å². The van der Waals surface area contributed by atoms with Crippen LogP contribution >= 0.6 is 0 Å². The lowest BCUT2D eigenvalue weighted by molar-refractivity contribution is -0.147. The summed E-state index contributed by atoms with van der Waals surface area (Å²) in [5.74, 6) is -0.471. The van der Waals surface area contributed by atoms with Gasteiger partial charge in [-0.15, -0.1) is 0 Å². The molecule has 1 aliphatic carbocycles. The van der Waals surface area contributed by atoms with Crippen LogP contribution in [0.3, 0.4) is 0 Å². The summed E-state index contributed by atoms with van der Waals surface area (Å²) >= 11 is 0. The van der Waals surface area contributed by atoms with Crippen molar-refractivity contribution in [3.05, 3.63) is 18.2 Å². The fraction of sp³-hybridized carbons (Fsp3) is 0.565. The molecule has 180 valence electrons. The lowest BCUT2D eigenvalue weighted by Crippen LogP contribution is -2.48. The smallest absolute Gasteiger partial charge is 0.325 e. The second-order valence-corrected chi connectivity index (χ2v) is 8.01. The minimum atomic E-state index is -0.826. The lowest BCUT2D eigenvalue weighted by atomic mass is 9.82. The van der Waals surface area contributed by atoms with Crippen molar-refractivity contribution >= 4 is 29.5 Å². The van der Waals surface area contributed by atoms with Crippen molar-refractivity contribution in [2.75, 3.05) is 31.7 Å². The predicted molar refractivity (Wildman–Crippen MR) is 119 cm³/mol. The number of amides is 4. The zero-order valence-electron chi connectivity index (χ0n) is 19.1. The van der Waals surface area contributed by atoms with Gasteiger partial charge in [-0.2, -0.15) is 0 Å². The Bertz CT molecular complexity index is 896. The van der Waals surface area contributed by atoms with Gasteiger partial charge in [-0.1, -0.05) is 19.3 Å². The van der Waals surface area contributed by atoms with Gasteiger partial charge in [0.25, 0.3) is 11.8 Å². The van der Waals surface area contributed by atoms with Gasteiger partial charge >= 0.3 is 12.0 Å². The normalized spacial score (nSPS) is 17.0. The van der Waals surface area contributed by atoms with E-state index in [1.165, 1.54) is 0 Å². The Morgan fingerprint density at radius 2 is 1.82 bits per heavy atom. The summed E-state index contributed by atoms with van der Waals surface area (Å²) in [4.78, 5) is 50.5. The number of rotatable bonds is 10. The van der Waals surface area contributed by atoms with Crippen LogP contribution in [-0.2, 0) is 19.1 Å². The molecule has 1 saturated heterocycles. The first kappa shape index (κ1) is 24.3. The van der Waals surface area contributed by atoms with Crippen molar-refractivity contribution in [1.82, 2.24) is 10.2 Å². The van der Waals surface area contributed by atoms with Crippen molar-refractivity contribution in [1.29, 1.82) is 0 Å². The molecule has 1 aromatic rings. The second-order valence-electron chi connectivity index (χ2n) is 8.01. The molecule has 1 aromatic carbocycles. The molecule has 4 amide bonds. The van der Waals surface area contributed by atoms with Crippen LogP contribution in [0.25, 0.3) is 0 Å². The molecule has 2 aliphatic rings. The van der Waals surface area contributed by atoms with Crippen LogP contribution < -0.4 is 20.1 Å². The number of esters is 1. The molecule has 33 heavy (non-hydrogen) atoms. The van der Waals surface area contributed by atoms with E-state index < -0.39 is 30.1 Å². The van der Waals surface area contributed by atoms with Crippen LogP contribution in [0.4, 0.5) is 10.5 Å². The van der Waals surface area contributed by atoms with E-state index in [4.69, 9.17) is 14.2 Å². The quantitative estimate of drug-likeness (QED) is 0.405. The number of nitrogens with one attached hydrogen (secondary N) is 2. The Labute approximate surface area is 192 Å². The molecule has 0 aromatic heterocycles. The summed E-state index contributed by atoms with van der Waals surface area (Å²) in [6.45, 7) is 3.96. The van der Waals surface area contributed by atoms with Gasteiger partial charge in [-0.05, 0) is 38.8 Å². The highest BCUT2D eigenvalue weighted by molar-refractivity contribution is 6.07. The second kappa shape index (κ2) is 11.0. The van der Waals surface area contributed by atoms with Crippen molar-refractivity contribution in [2.45, 2.75) is 57.9 Å². The number of hydrogen-bond donors (Lipinski definition) is 2. The molecule has 0 atom stereocenters. The highest BCUT2D eigenvalue weighted by atomic mass is 16.5. The number of hydrogen-bond acceptors (Lipinski definition) is 7. The van der Waals surface area contributed by atoms with E-state index in [0.717, 1.165) is 24.2 Å². The van der Waals surface area contributed by atoms with Crippen molar-refractivity contribution in [3.8, 4) is 11.5 Å². The van der Waals surface area contributed by atoms with E-state index >= 15 is 0 Å². The summed E-state index contributed by atoms with van der Waals surface area (Å²) in [5, 5.41) is 5.45. The van der Waals surface area contributed by atoms with Gasteiger partial charge in [-0.3, -0.25) is 19.3 Å². The van der Waals surface area contributed by atoms with Crippen molar-refractivity contribution in [2.24, 2.45) is 0 Å². The molecule has 0 radical (unpaired) electrons. The number of carbonyl (C=O) groups is 4. The molecule has 10 heteroatoms. The number of urea groups is 1. The van der Waals surface area contributed by atoms with Gasteiger partial charge in [0.1, 0.15) is 17.0 Å². The van der Waals surface area contributed by atoms with E-state index in [0.29, 0.717) is 43.2 Å². The number of benzene rings is 1. The Morgan fingerprint density at radius 1 is 1.09 bits per heavy atom. The minimum Gasteiger partial charge on any atom is -0.494 e. The van der Waals surface area contributed by atoms with Crippen LogP contribution in [-0.4, -0.2) is 60.6 Å². The molecule has 1 saturated carbocycles.